The molecule has 0 spiro atoms. The number of anilines is 2. The topological polar surface area (TPSA) is 75.7 Å². The molecule has 3 aromatic rings. The van der Waals surface area contributed by atoms with Crippen molar-refractivity contribution in [1.29, 1.82) is 0 Å². The Morgan fingerprint density at radius 2 is 1.83 bits per heavy atom. The number of nitrogens with zero attached hydrogens (tertiary/aromatic N) is 1. The Labute approximate surface area is 208 Å². The summed E-state index contributed by atoms with van der Waals surface area (Å²) in [5.41, 5.74) is 4.18. The lowest BCUT2D eigenvalue weighted by molar-refractivity contribution is -0.119. The third-order valence-electron chi connectivity index (χ3n) is 6.65. The van der Waals surface area contributed by atoms with Crippen LogP contribution in [0.1, 0.15) is 58.9 Å². The largest absolute Gasteiger partial charge is 0.465 e. The van der Waals surface area contributed by atoms with Gasteiger partial charge in [0.25, 0.3) is 0 Å². The first-order valence-electron chi connectivity index (χ1n) is 11.7. The maximum Gasteiger partial charge on any atom is 0.337 e. The molecule has 2 atom stereocenters. The fourth-order valence-electron chi connectivity index (χ4n) is 5.00. The quantitative estimate of drug-likeness (QED) is 0.469. The molecule has 5 rings (SSSR count). The van der Waals surface area contributed by atoms with E-state index in [0.717, 1.165) is 22.6 Å². The third kappa shape index (κ3) is 4.17. The Morgan fingerprint density at radius 1 is 1.06 bits per heavy atom. The number of ether oxygens (including phenoxy) is 1. The van der Waals surface area contributed by atoms with Crippen LogP contribution in [0.25, 0.3) is 0 Å². The van der Waals surface area contributed by atoms with Crippen LogP contribution in [0.5, 0.6) is 0 Å². The molecular formula is C28H26N2O4S. The average molecular weight is 487 g/mol. The van der Waals surface area contributed by atoms with E-state index in [-0.39, 0.29) is 17.6 Å². The number of methoxy groups -OCH3 is 1. The zero-order chi connectivity index (χ0) is 24.5. The molecule has 0 bridgehead atoms. The normalized spacial score (nSPS) is 19.4. The van der Waals surface area contributed by atoms with E-state index in [1.165, 1.54) is 12.0 Å². The van der Waals surface area contributed by atoms with Crippen LogP contribution in [0, 0.1) is 0 Å². The number of esters is 1. The first kappa shape index (κ1) is 23.1. The molecule has 2 heterocycles. The van der Waals surface area contributed by atoms with Crippen molar-refractivity contribution in [2.45, 2.75) is 38.1 Å². The highest BCUT2D eigenvalue weighted by molar-refractivity contribution is 7.10. The van der Waals surface area contributed by atoms with Gasteiger partial charge in [0.05, 0.1) is 30.1 Å². The monoisotopic (exact) mass is 486 g/mol. The van der Waals surface area contributed by atoms with Crippen LogP contribution in [0.15, 0.2) is 77.3 Å². The van der Waals surface area contributed by atoms with Gasteiger partial charge in [-0.1, -0.05) is 37.3 Å². The van der Waals surface area contributed by atoms with Crippen molar-refractivity contribution in [3.63, 3.8) is 0 Å². The van der Waals surface area contributed by atoms with Gasteiger partial charge in [0.1, 0.15) is 0 Å². The number of carbonyl (C=O) groups is 3. The number of ketones is 1. The molecule has 35 heavy (non-hydrogen) atoms. The molecule has 0 fully saturated rings. The highest BCUT2D eigenvalue weighted by atomic mass is 32.1. The Bertz CT molecular complexity index is 1310. The third-order valence-corrected chi connectivity index (χ3v) is 7.69. The summed E-state index contributed by atoms with van der Waals surface area (Å²) in [6.07, 6.45) is 1.36. The minimum Gasteiger partial charge on any atom is -0.465 e. The maximum atomic E-state index is 13.8. The van der Waals surface area contributed by atoms with Gasteiger partial charge in [-0.3, -0.25) is 14.5 Å². The van der Waals surface area contributed by atoms with Crippen molar-refractivity contribution in [3.8, 4) is 0 Å². The van der Waals surface area contributed by atoms with Crippen LogP contribution in [0.4, 0.5) is 11.4 Å². The van der Waals surface area contributed by atoms with Gasteiger partial charge in [-0.05, 0) is 47.7 Å². The molecule has 0 saturated heterocycles. The highest BCUT2D eigenvalue weighted by Gasteiger charge is 2.41. The number of hydrogen-bond donors (Lipinski definition) is 1. The Morgan fingerprint density at radius 3 is 2.51 bits per heavy atom. The summed E-state index contributed by atoms with van der Waals surface area (Å²) in [6.45, 7) is 1.82. The number of benzene rings is 2. The van der Waals surface area contributed by atoms with Gasteiger partial charge in [-0.2, -0.15) is 0 Å². The number of fused-ring (bicyclic) bond motifs is 1. The van der Waals surface area contributed by atoms with E-state index in [1.807, 2.05) is 54.8 Å². The molecule has 0 radical (unpaired) electrons. The maximum absolute atomic E-state index is 13.8. The summed E-state index contributed by atoms with van der Waals surface area (Å²) >= 11 is 1.66. The van der Waals surface area contributed by atoms with E-state index < -0.39 is 12.0 Å². The summed E-state index contributed by atoms with van der Waals surface area (Å²) in [5, 5.41) is 5.56. The summed E-state index contributed by atoms with van der Waals surface area (Å²) in [4.78, 5) is 42.1. The van der Waals surface area contributed by atoms with Crippen LogP contribution in [0.2, 0.25) is 0 Å². The predicted molar refractivity (Wildman–Crippen MR) is 137 cm³/mol. The van der Waals surface area contributed by atoms with E-state index in [2.05, 4.69) is 11.4 Å². The van der Waals surface area contributed by atoms with E-state index in [4.69, 9.17) is 4.74 Å². The lowest BCUT2D eigenvalue weighted by Crippen LogP contribution is -2.38. The summed E-state index contributed by atoms with van der Waals surface area (Å²) in [6, 6.07) is 18.1. The lowest BCUT2D eigenvalue weighted by atomic mass is 9.80. The van der Waals surface area contributed by atoms with Crippen molar-refractivity contribution in [1.82, 2.24) is 0 Å². The van der Waals surface area contributed by atoms with Gasteiger partial charge in [0, 0.05) is 34.9 Å². The molecule has 2 aliphatic rings. The summed E-state index contributed by atoms with van der Waals surface area (Å²) in [5.74, 6) is -0.390. The number of para-hydroxylation sites is 2. The first-order valence-corrected chi connectivity index (χ1v) is 12.6. The smallest absolute Gasteiger partial charge is 0.337 e. The fraction of sp³-hybridized carbons (Fsp3) is 0.250. The molecule has 0 unspecified atom stereocenters. The highest BCUT2D eigenvalue weighted by Crippen LogP contribution is 2.48. The van der Waals surface area contributed by atoms with Gasteiger partial charge in [0.2, 0.25) is 5.91 Å². The van der Waals surface area contributed by atoms with Gasteiger partial charge < -0.3 is 10.1 Å². The molecule has 1 aliphatic carbocycles. The Hall–Kier alpha value is -3.71. The first-order chi connectivity index (χ1) is 17.0. The average Bonchev–Trinajstić information content (AvgIpc) is 3.38. The Kier molecular flexibility index (Phi) is 6.26. The van der Waals surface area contributed by atoms with Gasteiger partial charge in [-0.15, -0.1) is 11.3 Å². The second kappa shape index (κ2) is 9.50. The molecule has 1 N–H and O–H groups in total. The fourth-order valence-corrected chi connectivity index (χ4v) is 5.83. The summed E-state index contributed by atoms with van der Waals surface area (Å²) < 4.78 is 4.84. The number of rotatable bonds is 4. The van der Waals surface area contributed by atoms with Crippen molar-refractivity contribution in [2.75, 3.05) is 17.3 Å². The van der Waals surface area contributed by atoms with Crippen LogP contribution in [-0.4, -0.2) is 24.8 Å². The number of allylic oxidation sites excluding steroid dienone is 1. The zero-order valence-electron chi connectivity index (χ0n) is 19.6. The minimum atomic E-state index is -0.600. The van der Waals surface area contributed by atoms with Crippen LogP contribution >= 0.6 is 11.3 Å². The molecule has 6 nitrogen and oxygen atoms in total. The standard InChI is InChI=1S/C28H26N2O4S/c1-3-25(32)30-22-8-5-4-7-20(22)29-21-15-19(24-9-6-14-35-24)16-23(31)26(21)27(30)17-10-12-18(13-11-17)28(33)34-2/h4-14,19,27,29H,3,15-16H2,1-2H3/t19-,27+/m0/s1. The van der Waals surface area contributed by atoms with Gasteiger partial charge in [0.15, 0.2) is 5.78 Å². The molecule has 1 amide bonds. The molecule has 0 saturated carbocycles. The van der Waals surface area contributed by atoms with Gasteiger partial charge in [-0.25, -0.2) is 4.79 Å². The molecule has 1 aliphatic heterocycles. The molecule has 2 aromatic carbocycles. The zero-order valence-corrected chi connectivity index (χ0v) is 20.4. The van der Waals surface area contributed by atoms with Crippen molar-refractivity contribution >= 4 is 40.4 Å². The molecule has 7 heteroatoms. The van der Waals surface area contributed by atoms with Crippen LogP contribution in [-0.2, 0) is 14.3 Å². The van der Waals surface area contributed by atoms with Crippen LogP contribution in [0.3, 0.4) is 0 Å². The SMILES string of the molecule is CCC(=O)N1c2ccccc2NC2=C(C(=O)C[C@@H](c3cccs3)C2)[C@H]1c1ccc(C(=O)OC)cc1. The number of hydrogen-bond acceptors (Lipinski definition) is 6. The lowest BCUT2D eigenvalue weighted by Gasteiger charge is -2.35. The number of Topliss-reactive ketones (excluding diaryl/α,β-unsaturated/α-hetero) is 1. The summed E-state index contributed by atoms with van der Waals surface area (Å²) in [7, 11) is 1.34. The van der Waals surface area contributed by atoms with Crippen molar-refractivity contribution in [3.05, 3.63) is 93.3 Å². The van der Waals surface area contributed by atoms with E-state index in [1.54, 1.807) is 28.4 Å². The minimum absolute atomic E-state index is 0.0286. The predicted octanol–water partition coefficient (Wildman–Crippen LogP) is 5.85. The van der Waals surface area contributed by atoms with Crippen molar-refractivity contribution in [2.24, 2.45) is 0 Å². The Balaban J connectivity index is 1.69. The van der Waals surface area contributed by atoms with E-state index in [0.29, 0.717) is 30.4 Å². The number of nitrogens with one attached hydrogen (secondary N) is 1. The van der Waals surface area contributed by atoms with E-state index >= 15 is 0 Å². The van der Waals surface area contributed by atoms with Gasteiger partial charge >= 0.3 is 5.97 Å². The second-order valence-corrected chi connectivity index (χ2v) is 9.69. The van der Waals surface area contributed by atoms with Crippen molar-refractivity contribution < 1.29 is 19.1 Å². The molecular weight excluding hydrogens is 460 g/mol. The van der Waals surface area contributed by atoms with E-state index in [9.17, 15) is 14.4 Å². The number of amides is 1. The van der Waals surface area contributed by atoms with Crippen LogP contribution < -0.4 is 10.2 Å². The number of thiophene rings is 1. The molecule has 1 aromatic heterocycles. The molecule has 178 valence electrons. The second-order valence-electron chi connectivity index (χ2n) is 8.71. The number of carbonyl (C=O) groups excluding carboxylic acids is 3.